The van der Waals surface area contributed by atoms with Crippen LogP contribution in [0.4, 0.5) is 0 Å². The minimum absolute atomic E-state index is 0.0400. The summed E-state index contributed by atoms with van der Waals surface area (Å²) in [4.78, 5) is 24.0. The van der Waals surface area contributed by atoms with Gasteiger partial charge in [-0.05, 0) is 48.3 Å². The molecular weight excluding hydrogens is 260 g/mol. The molecule has 2 heteroatoms. The Labute approximate surface area is 130 Å². The van der Waals surface area contributed by atoms with Crippen LogP contribution in [0.15, 0.2) is 0 Å². The van der Waals surface area contributed by atoms with E-state index in [9.17, 15) is 9.59 Å². The number of rotatable bonds is 3. The molecule has 2 atom stereocenters. The van der Waals surface area contributed by atoms with Gasteiger partial charge in [-0.3, -0.25) is 9.59 Å². The Bertz CT molecular complexity index is 415. The number of hydrogen-bond acceptors (Lipinski definition) is 2. The molecule has 0 heterocycles. The smallest absolute Gasteiger partial charge is 0.146 e. The van der Waals surface area contributed by atoms with Crippen LogP contribution >= 0.6 is 0 Å². The molecule has 2 rings (SSSR count). The topological polar surface area (TPSA) is 34.1 Å². The number of carbonyl (C=O) groups is 2. The summed E-state index contributed by atoms with van der Waals surface area (Å²) in [6, 6.07) is 0. The van der Waals surface area contributed by atoms with Crippen LogP contribution in [-0.2, 0) is 9.59 Å². The maximum atomic E-state index is 12.1. The molecule has 2 aliphatic carbocycles. The highest BCUT2D eigenvalue weighted by molar-refractivity contribution is 6.09. The lowest BCUT2D eigenvalue weighted by Gasteiger charge is -2.51. The Kier molecular flexibility index (Phi) is 4.39. The van der Waals surface area contributed by atoms with E-state index in [-0.39, 0.29) is 23.4 Å². The molecule has 21 heavy (non-hydrogen) atoms. The van der Waals surface area contributed by atoms with Gasteiger partial charge in [0, 0.05) is 12.3 Å². The largest absolute Gasteiger partial charge is 0.299 e. The van der Waals surface area contributed by atoms with Crippen LogP contribution in [0.1, 0.15) is 73.6 Å². The summed E-state index contributed by atoms with van der Waals surface area (Å²) in [6.07, 6.45) is 4.74. The van der Waals surface area contributed by atoms with E-state index in [0.717, 1.165) is 12.8 Å². The molecule has 0 N–H and O–H groups in total. The molecule has 2 aliphatic rings. The molecule has 0 aromatic heterocycles. The number of Topliss-reactive ketones (excluding diaryl/α,β-unsaturated/α-hetero) is 2. The Hall–Kier alpha value is -0.660. The fourth-order valence-electron chi connectivity index (χ4n) is 4.93. The highest BCUT2D eigenvalue weighted by Crippen LogP contribution is 2.53. The molecule has 0 aliphatic heterocycles. The van der Waals surface area contributed by atoms with E-state index in [4.69, 9.17) is 0 Å². The van der Waals surface area contributed by atoms with Crippen molar-refractivity contribution in [3.63, 3.8) is 0 Å². The van der Waals surface area contributed by atoms with Crippen molar-refractivity contribution in [2.24, 2.45) is 34.5 Å². The van der Waals surface area contributed by atoms with Crippen molar-refractivity contribution < 1.29 is 9.59 Å². The number of hydrogen-bond donors (Lipinski definition) is 0. The Morgan fingerprint density at radius 1 is 0.952 bits per heavy atom. The summed E-state index contributed by atoms with van der Waals surface area (Å²) < 4.78 is 0. The fourth-order valence-corrected chi connectivity index (χ4v) is 4.93. The van der Waals surface area contributed by atoms with Crippen molar-refractivity contribution in [3.8, 4) is 0 Å². The molecule has 0 bridgehead atoms. The highest BCUT2D eigenvalue weighted by Gasteiger charge is 2.45. The first-order valence-corrected chi connectivity index (χ1v) is 8.61. The monoisotopic (exact) mass is 292 g/mol. The normalized spacial score (nSPS) is 38.8. The van der Waals surface area contributed by atoms with Crippen molar-refractivity contribution in [1.82, 2.24) is 0 Å². The predicted molar refractivity (Wildman–Crippen MR) is 86.0 cm³/mol. The molecule has 2 fully saturated rings. The van der Waals surface area contributed by atoms with E-state index in [2.05, 4.69) is 34.6 Å². The van der Waals surface area contributed by atoms with E-state index in [1.165, 1.54) is 12.8 Å². The lowest BCUT2D eigenvalue weighted by molar-refractivity contribution is -0.128. The van der Waals surface area contributed by atoms with Gasteiger partial charge >= 0.3 is 0 Å². The van der Waals surface area contributed by atoms with E-state index in [1.807, 2.05) is 6.92 Å². The van der Waals surface area contributed by atoms with Crippen LogP contribution in [0, 0.1) is 34.5 Å². The first kappa shape index (κ1) is 16.7. The summed E-state index contributed by atoms with van der Waals surface area (Å²) in [5.74, 6) is 1.42. The summed E-state index contributed by atoms with van der Waals surface area (Å²) in [5.41, 5.74) is 0.701. The predicted octanol–water partition coefficient (Wildman–Crippen LogP) is 4.66. The first-order chi connectivity index (χ1) is 9.54. The minimum Gasteiger partial charge on any atom is -0.299 e. The number of carbonyl (C=O) groups excluding carboxylic acids is 2. The van der Waals surface area contributed by atoms with Gasteiger partial charge in [-0.15, -0.1) is 0 Å². The molecule has 0 radical (unpaired) electrons. The van der Waals surface area contributed by atoms with Gasteiger partial charge in [0.25, 0.3) is 0 Å². The highest BCUT2D eigenvalue weighted by atomic mass is 16.2. The summed E-state index contributed by atoms with van der Waals surface area (Å²) >= 11 is 0. The van der Waals surface area contributed by atoms with Crippen LogP contribution in [0.3, 0.4) is 0 Å². The second-order valence-electron chi connectivity index (χ2n) is 9.08. The molecule has 0 aromatic rings. The molecule has 2 unspecified atom stereocenters. The zero-order valence-electron chi connectivity index (χ0n) is 14.7. The van der Waals surface area contributed by atoms with Gasteiger partial charge in [0.2, 0.25) is 0 Å². The fraction of sp³-hybridized carbons (Fsp3) is 0.895. The van der Waals surface area contributed by atoms with Gasteiger partial charge in [-0.25, -0.2) is 0 Å². The SMILES string of the molecule is CC1CC(=O)C(CCC2CC(C)(C)C(C)C(C)(C)C2)C1=O. The summed E-state index contributed by atoms with van der Waals surface area (Å²) in [7, 11) is 0. The maximum Gasteiger partial charge on any atom is 0.146 e. The van der Waals surface area contributed by atoms with Gasteiger partial charge in [-0.2, -0.15) is 0 Å². The van der Waals surface area contributed by atoms with E-state index in [0.29, 0.717) is 29.1 Å². The lowest BCUT2D eigenvalue weighted by atomic mass is 9.54. The van der Waals surface area contributed by atoms with Crippen molar-refractivity contribution in [2.75, 3.05) is 0 Å². The van der Waals surface area contributed by atoms with Crippen LogP contribution in [0.5, 0.6) is 0 Å². The Morgan fingerprint density at radius 3 is 1.90 bits per heavy atom. The minimum atomic E-state index is -0.287. The molecule has 0 amide bonds. The molecule has 120 valence electrons. The van der Waals surface area contributed by atoms with Crippen molar-refractivity contribution >= 4 is 11.6 Å². The Balaban J connectivity index is 1.98. The van der Waals surface area contributed by atoms with Gasteiger partial charge in [-0.1, -0.05) is 41.5 Å². The quantitative estimate of drug-likeness (QED) is 0.709. The van der Waals surface area contributed by atoms with Gasteiger partial charge in [0.1, 0.15) is 11.6 Å². The molecule has 0 saturated heterocycles. The summed E-state index contributed by atoms with van der Waals surface area (Å²) in [6.45, 7) is 13.8. The van der Waals surface area contributed by atoms with Crippen molar-refractivity contribution in [1.29, 1.82) is 0 Å². The van der Waals surface area contributed by atoms with Crippen LogP contribution in [0.25, 0.3) is 0 Å². The van der Waals surface area contributed by atoms with Crippen LogP contribution < -0.4 is 0 Å². The molecule has 2 nitrogen and oxygen atoms in total. The van der Waals surface area contributed by atoms with E-state index in [1.54, 1.807) is 0 Å². The Morgan fingerprint density at radius 2 is 1.48 bits per heavy atom. The second-order valence-corrected chi connectivity index (χ2v) is 9.08. The van der Waals surface area contributed by atoms with E-state index >= 15 is 0 Å². The van der Waals surface area contributed by atoms with Gasteiger partial charge in [0.05, 0.1) is 5.92 Å². The van der Waals surface area contributed by atoms with E-state index < -0.39 is 0 Å². The zero-order chi connectivity index (χ0) is 16.0. The average molecular weight is 292 g/mol. The standard InChI is InChI=1S/C19H32O2/c1-12-9-16(20)15(17(12)21)8-7-14-10-18(3,4)13(2)19(5,6)11-14/h12-15H,7-11H2,1-6H3. The third-order valence-corrected chi connectivity index (χ3v) is 6.56. The van der Waals surface area contributed by atoms with Gasteiger partial charge < -0.3 is 0 Å². The van der Waals surface area contributed by atoms with Crippen LogP contribution in [0.2, 0.25) is 0 Å². The third-order valence-electron chi connectivity index (χ3n) is 6.56. The average Bonchev–Trinajstić information content (AvgIpc) is 2.58. The molecule has 0 spiro atoms. The van der Waals surface area contributed by atoms with Crippen LogP contribution in [-0.4, -0.2) is 11.6 Å². The third kappa shape index (κ3) is 3.24. The molecular formula is C19H32O2. The lowest BCUT2D eigenvalue weighted by Crippen LogP contribution is -2.42. The maximum absolute atomic E-state index is 12.1. The molecule has 0 aromatic carbocycles. The molecule has 2 saturated carbocycles. The van der Waals surface area contributed by atoms with Crippen molar-refractivity contribution in [3.05, 3.63) is 0 Å². The first-order valence-electron chi connectivity index (χ1n) is 8.61. The zero-order valence-corrected chi connectivity index (χ0v) is 14.7. The van der Waals surface area contributed by atoms with Gasteiger partial charge in [0.15, 0.2) is 0 Å². The number of ketones is 2. The second kappa shape index (κ2) is 5.52. The van der Waals surface area contributed by atoms with Crippen molar-refractivity contribution in [2.45, 2.75) is 73.6 Å². The summed E-state index contributed by atoms with van der Waals surface area (Å²) in [5, 5.41) is 0.